The van der Waals surface area contributed by atoms with Gasteiger partial charge in [0.2, 0.25) is 0 Å². The molecule has 2 aromatic rings. The Morgan fingerprint density at radius 2 is 1.38 bits per heavy atom. The number of hydrogen-bond acceptors (Lipinski definition) is 4. The molecule has 0 saturated carbocycles. The summed E-state index contributed by atoms with van der Waals surface area (Å²) in [6.07, 6.45) is 0. The van der Waals surface area contributed by atoms with Crippen LogP contribution in [-0.2, 0) is 0 Å². The van der Waals surface area contributed by atoms with Gasteiger partial charge in [-0.25, -0.2) is 4.39 Å². The van der Waals surface area contributed by atoms with Gasteiger partial charge in [-0.1, -0.05) is 12.1 Å². The van der Waals surface area contributed by atoms with E-state index in [1.165, 1.54) is 42.5 Å². The zero-order chi connectivity index (χ0) is 18.7. The number of piperazine rings is 1. The van der Waals surface area contributed by atoms with Crippen LogP contribution in [0.5, 0.6) is 0 Å². The summed E-state index contributed by atoms with van der Waals surface area (Å²) in [4.78, 5) is 38.3. The molecule has 3 rings (SSSR count). The number of non-ortho nitro benzene ring substituents is 1. The molecule has 1 aliphatic rings. The molecule has 134 valence electrons. The van der Waals surface area contributed by atoms with Crippen molar-refractivity contribution in [3.63, 3.8) is 0 Å². The van der Waals surface area contributed by atoms with Crippen LogP contribution < -0.4 is 0 Å². The standard InChI is InChI=1S/C18H16FN3O4/c19-15-5-1-3-13(11-15)17(23)20-7-9-21(10-8-20)18(24)14-4-2-6-16(12-14)22(25)26/h1-6,11-12H,7-10H2. The fourth-order valence-corrected chi connectivity index (χ4v) is 2.85. The molecule has 1 heterocycles. The Hall–Kier alpha value is -3.29. The fraction of sp³-hybridized carbons (Fsp3) is 0.222. The first kappa shape index (κ1) is 17.5. The number of carbonyl (C=O) groups excluding carboxylic acids is 2. The average molecular weight is 357 g/mol. The van der Waals surface area contributed by atoms with Crippen LogP contribution in [0.1, 0.15) is 20.7 Å². The van der Waals surface area contributed by atoms with Crippen molar-refractivity contribution < 1.29 is 18.9 Å². The van der Waals surface area contributed by atoms with Gasteiger partial charge < -0.3 is 9.80 Å². The lowest BCUT2D eigenvalue weighted by Gasteiger charge is -2.34. The molecule has 0 radical (unpaired) electrons. The van der Waals surface area contributed by atoms with E-state index in [-0.39, 0.29) is 28.6 Å². The number of hydrogen-bond donors (Lipinski definition) is 0. The van der Waals surface area contributed by atoms with E-state index in [0.29, 0.717) is 26.2 Å². The number of amides is 2. The van der Waals surface area contributed by atoms with Crippen LogP contribution in [0, 0.1) is 15.9 Å². The second kappa shape index (κ2) is 7.30. The normalized spacial score (nSPS) is 14.2. The van der Waals surface area contributed by atoms with Gasteiger partial charge in [0, 0.05) is 49.4 Å². The molecule has 0 aliphatic carbocycles. The molecule has 0 N–H and O–H groups in total. The maximum atomic E-state index is 13.3. The Bertz CT molecular complexity index is 863. The molecular formula is C18H16FN3O4. The van der Waals surface area contributed by atoms with Gasteiger partial charge in [-0.3, -0.25) is 19.7 Å². The summed E-state index contributed by atoms with van der Waals surface area (Å²) in [5.41, 5.74) is 0.364. The molecule has 26 heavy (non-hydrogen) atoms. The van der Waals surface area contributed by atoms with Crippen LogP contribution in [0.3, 0.4) is 0 Å². The minimum absolute atomic E-state index is 0.143. The summed E-state index contributed by atoms with van der Waals surface area (Å²) < 4.78 is 13.3. The number of nitro groups is 1. The highest BCUT2D eigenvalue weighted by Crippen LogP contribution is 2.17. The number of carbonyl (C=O) groups is 2. The lowest BCUT2D eigenvalue weighted by atomic mass is 10.1. The molecule has 0 atom stereocenters. The van der Waals surface area contributed by atoms with Crippen molar-refractivity contribution in [1.82, 2.24) is 9.80 Å². The van der Waals surface area contributed by atoms with Gasteiger partial charge >= 0.3 is 0 Å². The molecule has 0 aromatic heterocycles. The van der Waals surface area contributed by atoms with E-state index in [9.17, 15) is 24.1 Å². The third kappa shape index (κ3) is 3.69. The lowest BCUT2D eigenvalue weighted by molar-refractivity contribution is -0.384. The highest BCUT2D eigenvalue weighted by atomic mass is 19.1. The van der Waals surface area contributed by atoms with Crippen LogP contribution in [0.2, 0.25) is 0 Å². The SMILES string of the molecule is O=C(c1cccc(F)c1)N1CCN(C(=O)c2cccc([N+](=O)[O-])c2)CC1. The van der Waals surface area contributed by atoms with Crippen LogP contribution in [-0.4, -0.2) is 52.7 Å². The first-order chi connectivity index (χ1) is 12.5. The highest BCUT2D eigenvalue weighted by molar-refractivity contribution is 5.96. The van der Waals surface area contributed by atoms with Gasteiger partial charge in [0.25, 0.3) is 17.5 Å². The maximum Gasteiger partial charge on any atom is 0.270 e. The van der Waals surface area contributed by atoms with Crippen molar-refractivity contribution in [2.45, 2.75) is 0 Å². The summed E-state index contributed by atoms with van der Waals surface area (Å²) >= 11 is 0. The fourth-order valence-electron chi connectivity index (χ4n) is 2.85. The van der Waals surface area contributed by atoms with Gasteiger partial charge in [0.15, 0.2) is 0 Å². The third-order valence-electron chi connectivity index (χ3n) is 4.23. The summed E-state index contributed by atoms with van der Waals surface area (Å²) in [5, 5.41) is 10.8. The molecule has 0 spiro atoms. The third-order valence-corrected chi connectivity index (χ3v) is 4.23. The molecule has 7 nitrogen and oxygen atoms in total. The minimum Gasteiger partial charge on any atom is -0.335 e. The number of nitro benzene ring substituents is 1. The number of nitrogens with zero attached hydrogens (tertiary/aromatic N) is 3. The molecule has 1 fully saturated rings. The Labute approximate surface area is 148 Å². The highest BCUT2D eigenvalue weighted by Gasteiger charge is 2.26. The summed E-state index contributed by atoms with van der Waals surface area (Å²) in [6.45, 7) is 1.25. The van der Waals surface area contributed by atoms with Gasteiger partial charge in [-0.15, -0.1) is 0 Å². The zero-order valence-corrected chi connectivity index (χ0v) is 13.8. The van der Waals surface area contributed by atoms with E-state index >= 15 is 0 Å². The van der Waals surface area contributed by atoms with E-state index in [2.05, 4.69) is 0 Å². The summed E-state index contributed by atoms with van der Waals surface area (Å²) in [6, 6.07) is 11.0. The smallest absolute Gasteiger partial charge is 0.270 e. The average Bonchev–Trinajstić information content (AvgIpc) is 2.67. The van der Waals surface area contributed by atoms with Gasteiger partial charge in [0.05, 0.1) is 4.92 Å². The Morgan fingerprint density at radius 1 is 0.885 bits per heavy atom. The van der Waals surface area contributed by atoms with Crippen LogP contribution in [0.4, 0.5) is 10.1 Å². The molecule has 0 bridgehead atoms. The molecule has 1 saturated heterocycles. The van der Waals surface area contributed by atoms with Gasteiger partial charge in [0.1, 0.15) is 5.82 Å². The van der Waals surface area contributed by atoms with Crippen molar-refractivity contribution in [3.05, 3.63) is 75.6 Å². The van der Waals surface area contributed by atoms with Crippen LogP contribution in [0.25, 0.3) is 0 Å². The van der Waals surface area contributed by atoms with E-state index in [1.807, 2.05) is 0 Å². The summed E-state index contributed by atoms with van der Waals surface area (Å²) in [5.74, 6) is -1.08. The second-order valence-corrected chi connectivity index (χ2v) is 5.90. The molecule has 1 aliphatic heterocycles. The van der Waals surface area contributed by atoms with E-state index in [0.717, 1.165) is 0 Å². The molecule has 0 unspecified atom stereocenters. The van der Waals surface area contributed by atoms with Crippen molar-refractivity contribution in [1.29, 1.82) is 0 Å². The number of halogens is 1. The molecular weight excluding hydrogens is 341 g/mol. The molecule has 2 amide bonds. The largest absolute Gasteiger partial charge is 0.335 e. The zero-order valence-electron chi connectivity index (χ0n) is 13.8. The van der Waals surface area contributed by atoms with Gasteiger partial charge in [-0.2, -0.15) is 0 Å². The van der Waals surface area contributed by atoms with Crippen molar-refractivity contribution >= 4 is 17.5 Å². The monoisotopic (exact) mass is 357 g/mol. The van der Waals surface area contributed by atoms with Crippen molar-refractivity contribution in [3.8, 4) is 0 Å². The molecule has 8 heteroatoms. The number of rotatable bonds is 3. The van der Waals surface area contributed by atoms with Crippen LogP contribution >= 0.6 is 0 Å². The Kier molecular flexibility index (Phi) is 4.92. The molecule has 2 aromatic carbocycles. The Morgan fingerprint density at radius 3 is 1.88 bits per heavy atom. The number of benzene rings is 2. The summed E-state index contributed by atoms with van der Waals surface area (Å²) in [7, 11) is 0. The Balaban J connectivity index is 1.65. The van der Waals surface area contributed by atoms with Crippen molar-refractivity contribution in [2.24, 2.45) is 0 Å². The maximum absolute atomic E-state index is 13.3. The topological polar surface area (TPSA) is 83.8 Å². The first-order valence-electron chi connectivity index (χ1n) is 8.04. The van der Waals surface area contributed by atoms with E-state index in [1.54, 1.807) is 15.9 Å². The predicted molar refractivity (Wildman–Crippen MR) is 91.3 cm³/mol. The van der Waals surface area contributed by atoms with Crippen LogP contribution in [0.15, 0.2) is 48.5 Å². The van der Waals surface area contributed by atoms with Gasteiger partial charge in [-0.05, 0) is 24.3 Å². The predicted octanol–water partition coefficient (Wildman–Crippen LogP) is 2.33. The lowest BCUT2D eigenvalue weighted by Crippen LogP contribution is -2.50. The quantitative estimate of drug-likeness (QED) is 0.623. The van der Waals surface area contributed by atoms with E-state index < -0.39 is 10.7 Å². The minimum atomic E-state index is -0.549. The first-order valence-corrected chi connectivity index (χ1v) is 8.04. The van der Waals surface area contributed by atoms with E-state index in [4.69, 9.17) is 0 Å². The van der Waals surface area contributed by atoms with Crippen molar-refractivity contribution in [2.75, 3.05) is 26.2 Å². The second-order valence-electron chi connectivity index (χ2n) is 5.90.